The quantitative estimate of drug-likeness (QED) is 0.716. The third-order valence-electron chi connectivity index (χ3n) is 5.19. The first-order valence-corrected chi connectivity index (χ1v) is 13.1. The van der Waals surface area contributed by atoms with E-state index in [-0.39, 0.29) is 28.6 Å². The van der Waals surface area contributed by atoms with Gasteiger partial charge in [0.15, 0.2) is 9.84 Å². The number of carbonyl (C=O) groups excluding carboxylic acids is 2. The molecule has 154 valence electrons. The Morgan fingerprint density at radius 2 is 1.66 bits per heavy atom. The lowest BCUT2D eigenvalue weighted by atomic mass is 10.1. The Labute approximate surface area is 178 Å². The number of benzene rings is 1. The minimum atomic E-state index is -2.95. The number of sulfone groups is 1. The van der Waals surface area contributed by atoms with E-state index in [1.165, 1.54) is 23.1 Å². The van der Waals surface area contributed by atoms with Gasteiger partial charge in [0.05, 0.1) is 21.9 Å². The van der Waals surface area contributed by atoms with Crippen LogP contribution in [0.1, 0.15) is 26.5 Å². The van der Waals surface area contributed by atoms with E-state index in [0.29, 0.717) is 38.2 Å². The van der Waals surface area contributed by atoms with Gasteiger partial charge in [0.2, 0.25) is 0 Å². The molecular formula is C20H22N2O4S3. The van der Waals surface area contributed by atoms with E-state index in [1.807, 2.05) is 35.7 Å². The first-order valence-electron chi connectivity index (χ1n) is 9.51. The summed E-state index contributed by atoms with van der Waals surface area (Å²) in [5, 5.41) is 1.88. The van der Waals surface area contributed by atoms with Crippen molar-refractivity contribution in [2.45, 2.75) is 16.6 Å². The lowest BCUT2D eigenvalue weighted by Crippen LogP contribution is -2.50. The number of thioether (sulfide) groups is 1. The zero-order valence-electron chi connectivity index (χ0n) is 15.8. The van der Waals surface area contributed by atoms with Crippen molar-refractivity contribution >= 4 is 44.8 Å². The standard InChI is InChI=1S/C20H22N2O4S3/c23-19(21-8-10-22(11-9-21)20(24)18-6-3-12-27-18)16-4-1-2-5-17(16)28-15-7-13-29(25,26)14-15/h1-6,12,15H,7-11,13-14H2. The molecule has 2 amide bonds. The molecule has 2 fully saturated rings. The van der Waals surface area contributed by atoms with E-state index >= 15 is 0 Å². The summed E-state index contributed by atoms with van der Waals surface area (Å²) in [7, 11) is -2.95. The fourth-order valence-corrected chi connectivity index (χ4v) is 7.93. The van der Waals surface area contributed by atoms with Gasteiger partial charge in [0.25, 0.3) is 11.8 Å². The summed E-state index contributed by atoms with van der Waals surface area (Å²) in [6.45, 7) is 2.01. The molecule has 0 saturated carbocycles. The van der Waals surface area contributed by atoms with Crippen LogP contribution in [0.3, 0.4) is 0 Å². The fourth-order valence-electron chi connectivity index (χ4n) is 3.62. The van der Waals surface area contributed by atoms with E-state index in [2.05, 4.69) is 0 Å². The van der Waals surface area contributed by atoms with Crippen LogP contribution in [0.4, 0.5) is 0 Å². The van der Waals surface area contributed by atoms with E-state index in [1.54, 1.807) is 15.9 Å². The molecule has 2 aliphatic heterocycles. The Kier molecular flexibility index (Phi) is 5.98. The van der Waals surface area contributed by atoms with Crippen LogP contribution < -0.4 is 0 Å². The van der Waals surface area contributed by atoms with Crippen molar-refractivity contribution in [3.05, 3.63) is 52.2 Å². The van der Waals surface area contributed by atoms with Gasteiger partial charge in [0, 0.05) is 36.3 Å². The molecule has 2 aromatic rings. The van der Waals surface area contributed by atoms with Crippen LogP contribution in [0.5, 0.6) is 0 Å². The Morgan fingerprint density at radius 1 is 0.966 bits per heavy atom. The topological polar surface area (TPSA) is 74.8 Å². The molecule has 0 spiro atoms. The number of piperazine rings is 1. The summed E-state index contributed by atoms with van der Waals surface area (Å²) in [4.78, 5) is 30.7. The van der Waals surface area contributed by atoms with E-state index in [0.717, 1.165) is 9.77 Å². The fraction of sp³-hybridized carbons (Fsp3) is 0.400. The van der Waals surface area contributed by atoms with Crippen LogP contribution in [-0.2, 0) is 9.84 Å². The molecule has 6 nitrogen and oxygen atoms in total. The van der Waals surface area contributed by atoms with E-state index < -0.39 is 9.84 Å². The third-order valence-corrected chi connectivity index (χ3v) is 9.37. The van der Waals surface area contributed by atoms with Crippen molar-refractivity contribution in [3.63, 3.8) is 0 Å². The summed E-state index contributed by atoms with van der Waals surface area (Å²) >= 11 is 2.91. The van der Waals surface area contributed by atoms with E-state index in [4.69, 9.17) is 0 Å². The minimum Gasteiger partial charge on any atom is -0.335 e. The summed E-state index contributed by atoms with van der Waals surface area (Å²) in [5.41, 5.74) is 0.611. The van der Waals surface area contributed by atoms with Gasteiger partial charge in [0.1, 0.15) is 0 Å². The highest BCUT2D eigenvalue weighted by Crippen LogP contribution is 2.33. The van der Waals surface area contributed by atoms with E-state index in [9.17, 15) is 18.0 Å². The molecule has 1 unspecified atom stereocenters. The summed E-state index contributed by atoms with van der Waals surface area (Å²) in [5.74, 6) is 0.354. The molecule has 3 heterocycles. The second kappa shape index (κ2) is 8.49. The van der Waals surface area contributed by atoms with Crippen LogP contribution in [0.25, 0.3) is 0 Å². The van der Waals surface area contributed by atoms with Crippen LogP contribution in [0.2, 0.25) is 0 Å². The number of amides is 2. The number of nitrogens with zero attached hydrogens (tertiary/aromatic N) is 2. The first-order chi connectivity index (χ1) is 13.9. The highest BCUT2D eigenvalue weighted by atomic mass is 32.2. The number of hydrogen-bond acceptors (Lipinski definition) is 6. The molecule has 0 N–H and O–H groups in total. The highest BCUT2D eigenvalue weighted by Gasteiger charge is 2.31. The molecule has 1 atom stereocenters. The molecule has 2 saturated heterocycles. The smallest absolute Gasteiger partial charge is 0.264 e. The van der Waals surface area contributed by atoms with Gasteiger partial charge < -0.3 is 9.80 Å². The van der Waals surface area contributed by atoms with Gasteiger partial charge in [-0.2, -0.15) is 0 Å². The van der Waals surface area contributed by atoms with Gasteiger partial charge in [-0.25, -0.2) is 8.42 Å². The van der Waals surface area contributed by atoms with Crippen molar-refractivity contribution in [1.82, 2.24) is 9.80 Å². The highest BCUT2D eigenvalue weighted by molar-refractivity contribution is 8.02. The molecule has 0 aliphatic carbocycles. The molecule has 4 rings (SSSR count). The van der Waals surface area contributed by atoms with Crippen molar-refractivity contribution in [3.8, 4) is 0 Å². The zero-order chi connectivity index (χ0) is 20.4. The van der Waals surface area contributed by atoms with Gasteiger partial charge in [-0.3, -0.25) is 9.59 Å². The zero-order valence-corrected chi connectivity index (χ0v) is 18.3. The molecule has 0 radical (unpaired) electrons. The Hall–Kier alpha value is -1.84. The second-order valence-electron chi connectivity index (χ2n) is 7.20. The van der Waals surface area contributed by atoms with Crippen LogP contribution >= 0.6 is 23.1 Å². The van der Waals surface area contributed by atoms with Crippen LogP contribution in [0.15, 0.2) is 46.7 Å². The lowest BCUT2D eigenvalue weighted by molar-refractivity contribution is 0.0536. The maximum absolute atomic E-state index is 13.1. The minimum absolute atomic E-state index is 0.00536. The van der Waals surface area contributed by atoms with Crippen molar-refractivity contribution in [1.29, 1.82) is 0 Å². The Bertz CT molecular complexity index is 996. The molecule has 1 aromatic heterocycles. The SMILES string of the molecule is O=C(c1cccs1)N1CCN(C(=O)c2ccccc2SC2CCS(=O)(=O)C2)CC1. The predicted molar refractivity (Wildman–Crippen MR) is 115 cm³/mol. The summed E-state index contributed by atoms with van der Waals surface area (Å²) in [6, 6.07) is 11.1. The third kappa shape index (κ3) is 4.67. The molecule has 9 heteroatoms. The lowest BCUT2D eigenvalue weighted by Gasteiger charge is -2.35. The molecule has 29 heavy (non-hydrogen) atoms. The van der Waals surface area contributed by atoms with Gasteiger partial charge in [-0.05, 0) is 30.0 Å². The maximum Gasteiger partial charge on any atom is 0.264 e. The van der Waals surface area contributed by atoms with Crippen LogP contribution in [-0.4, -0.2) is 73.0 Å². The normalized spacial score (nSPS) is 21.3. The molecule has 0 bridgehead atoms. The Morgan fingerprint density at radius 3 is 2.28 bits per heavy atom. The monoisotopic (exact) mass is 450 g/mol. The van der Waals surface area contributed by atoms with Crippen molar-refractivity contribution < 1.29 is 18.0 Å². The molecule has 2 aliphatic rings. The predicted octanol–water partition coefficient (Wildman–Crippen LogP) is 2.63. The number of hydrogen-bond donors (Lipinski definition) is 0. The number of carbonyl (C=O) groups is 2. The maximum atomic E-state index is 13.1. The molecular weight excluding hydrogens is 428 g/mol. The van der Waals surface area contributed by atoms with Crippen molar-refractivity contribution in [2.24, 2.45) is 0 Å². The van der Waals surface area contributed by atoms with Gasteiger partial charge in [-0.1, -0.05) is 18.2 Å². The summed E-state index contributed by atoms with van der Waals surface area (Å²) in [6.07, 6.45) is 0.624. The average Bonchev–Trinajstić information content (AvgIpc) is 3.37. The largest absolute Gasteiger partial charge is 0.335 e. The molecule has 1 aromatic carbocycles. The van der Waals surface area contributed by atoms with Crippen molar-refractivity contribution in [2.75, 3.05) is 37.7 Å². The van der Waals surface area contributed by atoms with Gasteiger partial charge in [-0.15, -0.1) is 23.1 Å². The Balaban J connectivity index is 1.41. The number of thiophene rings is 1. The van der Waals surface area contributed by atoms with Gasteiger partial charge >= 0.3 is 0 Å². The van der Waals surface area contributed by atoms with Crippen LogP contribution in [0, 0.1) is 0 Å². The first kappa shape index (κ1) is 20.4. The number of rotatable bonds is 4. The average molecular weight is 451 g/mol. The second-order valence-corrected chi connectivity index (χ2v) is 11.7. The summed E-state index contributed by atoms with van der Waals surface area (Å²) < 4.78 is 23.5.